The zero-order chi connectivity index (χ0) is 19.1. The number of hydrogen-bond donors (Lipinski definition) is 0. The molecular weight excluding hydrogens is 370 g/mol. The maximum Gasteiger partial charge on any atom is 0.237 e. The summed E-state index contributed by atoms with van der Waals surface area (Å²) in [5.41, 5.74) is 4.54. The normalized spacial score (nSPS) is 13.4. The summed E-state index contributed by atoms with van der Waals surface area (Å²) < 4.78 is 6.03. The van der Waals surface area contributed by atoms with E-state index in [9.17, 15) is 4.79 Å². The lowest BCUT2D eigenvalue weighted by atomic mass is 10.2. The Kier molecular flexibility index (Phi) is 4.28. The maximum absolute atomic E-state index is 12.9. The zero-order valence-corrected chi connectivity index (χ0v) is 16.3. The van der Waals surface area contributed by atoms with E-state index in [0.29, 0.717) is 11.3 Å². The molecule has 0 atom stereocenters. The van der Waals surface area contributed by atoms with Gasteiger partial charge >= 0.3 is 0 Å². The Hall–Kier alpha value is -2.86. The molecule has 3 heterocycles. The third kappa shape index (κ3) is 2.85. The number of carbonyl (C=O) groups excluding carboxylic acids is 1. The summed E-state index contributed by atoms with van der Waals surface area (Å²) >= 11 is 1.43. The van der Waals surface area contributed by atoms with E-state index in [1.54, 1.807) is 0 Å². The van der Waals surface area contributed by atoms with Gasteiger partial charge in [0.2, 0.25) is 5.91 Å². The molecule has 0 saturated heterocycles. The van der Waals surface area contributed by atoms with Crippen LogP contribution in [-0.2, 0) is 17.6 Å². The van der Waals surface area contributed by atoms with Crippen molar-refractivity contribution in [1.82, 2.24) is 9.97 Å². The predicted octanol–water partition coefficient (Wildman–Crippen LogP) is 4.62. The summed E-state index contributed by atoms with van der Waals surface area (Å²) in [6, 6.07) is 16.0. The molecule has 0 spiro atoms. The van der Waals surface area contributed by atoms with Gasteiger partial charge in [0.15, 0.2) is 5.58 Å². The highest BCUT2D eigenvalue weighted by molar-refractivity contribution is 8.00. The van der Waals surface area contributed by atoms with E-state index in [1.165, 1.54) is 17.3 Å². The number of aryl methyl sites for hydroxylation is 1. The smallest absolute Gasteiger partial charge is 0.237 e. The minimum atomic E-state index is 0.0934. The molecule has 140 valence electrons. The number of anilines is 1. The van der Waals surface area contributed by atoms with Crippen molar-refractivity contribution in [3.63, 3.8) is 0 Å². The van der Waals surface area contributed by atoms with Crippen LogP contribution in [0.4, 0.5) is 5.69 Å². The fraction of sp³-hybridized carbons (Fsp3) is 0.227. The Balaban J connectivity index is 1.46. The molecule has 28 heavy (non-hydrogen) atoms. The summed E-state index contributed by atoms with van der Waals surface area (Å²) in [7, 11) is 0. The third-order valence-corrected chi connectivity index (χ3v) is 6.01. The molecule has 0 aliphatic carbocycles. The lowest BCUT2D eigenvalue weighted by Gasteiger charge is -2.16. The van der Waals surface area contributed by atoms with Crippen molar-refractivity contribution in [3.8, 4) is 0 Å². The molecule has 0 N–H and O–H groups in total. The molecule has 1 aliphatic heterocycles. The summed E-state index contributed by atoms with van der Waals surface area (Å²) in [4.78, 5) is 24.1. The molecule has 5 rings (SSSR count). The first-order chi connectivity index (χ1) is 13.7. The first-order valence-electron chi connectivity index (χ1n) is 9.44. The fourth-order valence-electron chi connectivity index (χ4n) is 3.67. The second-order valence-corrected chi connectivity index (χ2v) is 7.75. The third-order valence-electron chi connectivity index (χ3n) is 5.07. The number of carbonyl (C=O) groups is 1. The number of fused-ring (bicyclic) bond motifs is 4. The van der Waals surface area contributed by atoms with Crippen LogP contribution in [0.15, 0.2) is 58.0 Å². The van der Waals surface area contributed by atoms with Crippen molar-refractivity contribution in [3.05, 3.63) is 59.9 Å². The molecular formula is C22H19N3O2S. The molecule has 5 nitrogen and oxygen atoms in total. The van der Waals surface area contributed by atoms with Crippen molar-refractivity contribution in [2.24, 2.45) is 0 Å². The second-order valence-electron chi connectivity index (χ2n) is 6.79. The number of thioether (sulfide) groups is 1. The van der Waals surface area contributed by atoms with Crippen LogP contribution in [0.2, 0.25) is 0 Å². The first-order valence-corrected chi connectivity index (χ1v) is 10.4. The van der Waals surface area contributed by atoms with Crippen molar-refractivity contribution < 1.29 is 9.21 Å². The molecule has 4 aromatic rings. The highest BCUT2D eigenvalue weighted by Crippen LogP contribution is 2.34. The largest absolute Gasteiger partial charge is 0.451 e. The van der Waals surface area contributed by atoms with Crippen LogP contribution in [0, 0.1) is 0 Å². The summed E-state index contributed by atoms with van der Waals surface area (Å²) in [5.74, 6) is 1.18. The zero-order valence-electron chi connectivity index (χ0n) is 15.5. The number of para-hydroxylation sites is 2. The molecule has 0 saturated carbocycles. The van der Waals surface area contributed by atoms with Crippen LogP contribution in [0.1, 0.15) is 18.3 Å². The van der Waals surface area contributed by atoms with Crippen LogP contribution in [-0.4, -0.2) is 28.2 Å². The van der Waals surface area contributed by atoms with Gasteiger partial charge in [-0.15, -0.1) is 0 Å². The lowest BCUT2D eigenvalue weighted by molar-refractivity contribution is -0.116. The number of furan rings is 1. The molecule has 2 aromatic carbocycles. The summed E-state index contributed by atoms with van der Waals surface area (Å²) in [6.45, 7) is 2.77. The van der Waals surface area contributed by atoms with Crippen molar-refractivity contribution in [1.29, 1.82) is 0 Å². The van der Waals surface area contributed by atoms with Gasteiger partial charge in [-0.25, -0.2) is 9.97 Å². The molecule has 1 aliphatic rings. The van der Waals surface area contributed by atoms with Crippen LogP contribution in [0.5, 0.6) is 0 Å². The van der Waals surface area contributed by atoms with Crippen LogP contribution < -0.4 is 4.90 Å². The van der Waals surface area contributed by atoms with E-state index >= 15 is 0 Å². The van der Waals surface area contributed by atoms with E-state index in [4.69, 9.17) is 4.42 Å². The molecule has 0 radical (unpaired) electrons. The van der Waals surface area contributed by atoms with E-state index in [2.05, 4.69) is 16.0 Å². The Morgan fingerprint density at radius 2 is 1.96 bits per heavy atom. The van der Waals surface area contributed by atoms with Gasteiger partial charge < -0.3 is 9.32 Å². The molecule has 1 amide bonds. The molecule has 6 heteroatoms. The Labute approximate surface area is 166 Å². The summed E-state index contributed by atoms with van der Waals surface area (Å²) in [6.07, 6.45) is 1.64. The number of hydrogen-bond acceptors (Lipinski definition) is 5. The van der Waals surface area contributed by atoms with Crippen LogP contribution >= 0.6 is 11.8 Å². The van der Waals surface area contributed by atoms with Gasteiger partial charge in [-0.2, -0.15) is 0 Å². The lowest BCUT2D eigenvalue weighted by Crippen LogP contribution is -2.30. The van der Waals surface area contributed by atoms with Crippen molar-refractivity contribution >= 4 is 45.4 Å². The molecule has 0 fully saturated rings. The van der Waals surface area contributed by atoms with Gasteiger partial charge in [0.05, 0.1) is 5.75 Å². The average Bonchev–Trinajstić information content (AvgIpc) is 3.33. The first kappa shape index (κ1) is 17.3. The van der Waals surface area contributed by atoms with E-state index in [1.807, 2.05) is 54.3 Å². The van der Waals surface area contributed by atoms with Crippen LogP contribution in [0.25, 0.3) is 22.1 Å². The van der Waals surface area contributed by atoms with Gasteiger partial charge in [0.25, 0.3) is 0 Å². The number of aromatic nitrogens is 2. The maximum atomic E-state index is 12.9. The Bertz CT molecular complexity index is 1200. The summed E-state index contributed by atoms with van der Waals surface area (Å²) in [5, 5.41) is 1.72. The number of benzene rings is 2. The quantitative estimate of drug-likeness (QED) is 0.376. The average molecular weight is 389 g/mol. The minimum absolute atomic E-state index is 0.0934. The fourth-order valence-corrected chi connectivity index (χ4v) is 4.53. The topological polar surface area (TPSA) is 59.2 Å². The van der Waals surface area contributed by atoms with Gasteiger partial charge in [0, 0.05) is 24.0 Å². The number of nitrogens with zero attached hydrogens (tertiary/aromatic N) is 3. The van der Waals surface area contributed by atoms with Crippen molar-refractivity contribution in [2.75, 3.05) is 17.2 Å². The van der Waals surface area contributed by atoms with E-state index in [0.717, 1.165) is 52.4 Å². The predicted molar refractivity (Wildman–Crippen MR) is 112 cm³/mol. The molecule has 0 unspecified atom stereocenters. The number of rotatable bonds is 4. The van der Waals surface area contributed by atoms with E-state index in [-0.39, 0.29) is 5.91 Å². The molecule has 2 aromatic heterocycles. The van der Waals surface area contributed by atoms with Gasteiger partial charge in [-0.1, -0.05) is 49.0 Å². The Morgan fingerprint density at radius 3 is 2.86 bits per heavy atom. The second kappa shape index (κ2) is 6.95. The monoisotopic (exact) mass is 389 g/mol. The van der Waals surface area contributed by atoms with Crippen molar-refractivity contribution in [2.45, 2.75) is 24.8 Å². The standard InChI is InChI=1S/C22H19N3O2S/c1-2-18-23-20-15-8-4-6-10-17(15)27-21(20)22(24-18)28-13-19(26)25-12-11-14-7-3-5-9-16(14)25/h3-10H,2,11-13H2,1H3. The Morgan fingerprint density at radius 1 is 1.14 bits per heavy atom. The highest BCUT2D eigenvalue weighted by Gasteiger charge is 2.25. The SMILES string of the molecule is CCc1nc(SCC(=O)N2CCc3ccccc32)c2oc3ccccc3c2n1. The van der Waals surface area contributed by atoms with Gasteiger partial charge in [0.1, 0.15) is 22.0 Å². The minimum Gasteiger partial charge on any atom is -0.451 e. The molecule has 0 bridgehead atoms. The number of amides is 1. The van der Waals surface area contributed by atoms with E-state index < -0.39 is 0 Å². The van der Waals surface area contributed by atoms with Crippen LogP contribution in [0.3, 0.4) is 0 Å². The highest BCUT2D eigenvalue weighted by atomic mass is 32.2. The van der Waals surface area contributed by atoms with Gasteiger partial charge in [-0.05, 0) is 30.2 Å². The van der Waals surface area contributed by atoms with Gasteiger partial charge in [-0.3, -0.25) is 4.79 Å².